The second-order valence-corrected chi connectivity index (χ2v) is 5.07. The van der Waals surface area contributed by atoms with Crippen LogP contribution in [-0.4, -0.2) is 48.1 Å². The summed E-state index contributed by atoms with van der Waals surface area (Å²) in [4.78, 5) is 24.1. The Hall–Kier alpha value is -1.92. The van der Waals surface area contributed by atoms with Crippen molar-refractivity contribution >= 4 is 11.9 Å². The number of hydrogen-bond donors (Lipinski definition) is 3. The van der Waals surface area contributed by atoms with Crippen LogP contribution in [0.2, 0.25) is 0 Å². The molecule has 1 rings (SSSR count). The highest BCUT2D eigenvalue weighted by atomic mass is 16.4. The lowest BCUT2D eigenvalue weighted by molar-refractivity contribution is -0.139. The maximum Gasteiger partial charge on any atom is 0.305 e. The van der Waals surface area contributed by atoms with E-state index >= 15 is 0 Å². The van der Waals surface area contributed by atoms with Gasteiger partial charge in [0.05, 0.1) is 12.5 Å². The fourth-order valence-electron chi connectivity index (χ4n) is 1.95. The van der Waals surface area contributed by atoms with Crippen LogP contribution in [0.25, 0.3) is 0 Å². The zero-order chi connectivity index (χ0) is 15.7. The number of benzene rings is 1. The van der Waals surface area contributed by atoms with Crippen molar-refractivity contribution in [2.75, 3.05) is 20.1 Å². The molecule has 6 heteroatoms. The molecule has 4 N–H and O–H groups in total. The summed E-state index contributed by atoms with van der Waals surface area (Å²) >= 11 is 0. The van der Waals surface area contributed by atoms with E-state index in [0.717, 1.165) is 19.5 Å². The SMILES string of the molecule is CN(CCCNC(=O)C(N)CC(=O)O)Cc1ccccc1. The minimum atomic E-state index is -1.07. The number of amides is 1. The predicted octanol–water partition coefficient (Wildman–Crippen LogP) is 0.427. The third-order valence-corrected chi connectivity index (χ3v) is 3.04. The molecular weight excluding hydrogens is 270 g/mol. The lowest BCUT2D eigenvalue weighted by Crippen LogP contribution is -2.42. The van der Waals surface area contributed by atoms with Crippen LogP contribution < -0.4 is 11.1 Å². The van der Waals surface area contributed by atoms with E-state index in [0.29, 0.717) is 6.54 Å². The number of carboxylic acid groups (broad SMARTS) is 1. The minimum absolute atomic E-state index is 0.347. The van der Waals surface area contributed by atoms with Crippen LogP contribution in [0.15, 0.2) is 30.3 Å². The summed E-state index contributed by atoms with van der Waals surface area (Å²) in [5.74, 6) is -1.48. The van der Waals surface area contributed by atoms with Crippen LogP contribution in [0.4, 0.5) is 0 Å². The fraction of sp³-hybridized carbons (Fsp3) is 0.467. The Bertz CT molecular complexity index is 451. The first-order valence-corrected chi connectivity index (χ1v) is 6.96. The van der Waals surface area contributed by atoms with Gasteiger partial charge in [0, 0.05) is 13.1 Å². The van der Waals surface area contributed by atoms with Crippen LogP contribution in [0.1, 0.15) is 18.4 Å². The Morgan fingerprint density at radius 1 is 1.33 bits per heavy atom. The van der Waals surface area contributed by atoms with Gasteiger partial charge in [-0.1, -0.05) is 30.3 Å². The average molecular weight is 293 g/mol. The maximum atomic E-state index is 11.5. The molecular formula is C15H23N3O3. The molecule has 0 spiro atoms. The molecule has 0 saturated heterocycles. The van der Waals surface area contributed by atoms with E-state index in [9.17, 15) is 9.59 Å². The van der Waals surface area contributed by atoms with Gasteiger partial charge in [-0.3, -0.25) is 9.59 Å². The quantitative estimate of drug-likeness (QED) is 0.574. The van der Waals surface area contributed by atoms with E-state index in [1.54, 1.807) is 0 Å². The summed E-state index contributed by atoms with van der Waals surface area (Å²) in [6.45, 7) is 2.18. The second-order valence-electron chi connectivity index (χ2n) is 5.07. The van der Waals surface area contributed by atoms with E-state index in [1.807, 2.05) is 25.2 Å². The molecule has 0 radical (unpaired) electrons. The highest BCUT2D eigenvalue weighted by Crippen LogP contribution is 2.02. The molecule has 1 aromatic rings. The van der Waals surface area contributed by atoms with Crippen LogP contribution in [0.5, 0.6) is 0 Å². The number of nitrogens with zero attached hydrogens (tertiary/aromatic N) is 1. The van der Waals surface area contributed by atoms with Crippen molar-refractivity contribution in [1.29, 1.82) is 0 Å². The van der Waals surface area contributed by atoms with Gasteiger partial charge in [-0.2, -0.15) is 0 Å². The normalized spacial score (nSPS) is 12.1. The molecule has 1 amide bonds. The largest absolute Gasteiger partial charge is 0.481 e. The van der Waals surface area contributed by atoms with Gasteiger partial charge in [0.25, 0.3) is 0 Å². The number of aliphatic carboxylic acids is 1. The number of nitrogens with one attached hydrogen (secondary N) is 1. The summed E-state index contributed by atoms with van der Waals surface area (Å²) in [5.41, 5.74) is 6.70. The third-order valence-electron chi connectivity index (χ3n) is 3.04. The van der Waals surface area contributed by atoms with Gasteiger partial charge < -0.3 is 21.1 Å². The van der Waals surface area contributed by atoms with Crippen molar-refractivity contribution in [2.45, 2.75) is 25.4 Å². The van der Waals surface area contributed by atoms with Gasteiger partial charge in [0.15, 0.2) is 0 Å². The second kappa shape index (κ2) is 9.10. The van der Waals surface area contributed by atoms with Crippen molar-refractivity contribution in [3.8, 4) is 0 Å². The summed E-state index contributed by atoms with van der Waals surface area (Å²) < 4.78 is 0. The smallest absolute Gasteiger partial charge is 0.305 e. The first-order chi connectivity index (χ1) is 9.99. The van der Waals surface area contributed by atoms with Gasteiger partial charge in [-0.25, -0.2) is 0 Å². The third kappa shape index (κ3) is 7.43. The zero-order valence-corrected chi connectivity index (χ0v) is 12.3. The van der Waals surface area contributed by atoms with Crippen molar-refractivity contribution in [1.82, 2.24) is 10.2 Å². The molecule has 1 aromatic carbocycles. The van der Waals surface area contributed by atoms with E-state index in [2.05, 4.69) is 22.3 Å². The Labute approximate surface area is 124 Å². The minimum Gasteiger partial charge on any atom is -0.481 e. The van der Waals surface area contributed by atoms with Crippen molar-refractivity contribution < 1.29 is 14.7 Å². The van der Waals surface area contributed by atoms with E-state index < -0.39 is 17.9 Å². The molecule has 0 heterocycles. The van der Waals surface area contributed by atoms with E-state index in [-0.39, 0.29) is 6.42 Å². The zero-order valence-electron chi connectivity index (χ0n) is 12.3. The van der Waals surface area contributed by atoms with Crippen LogP contribution in [0, 0.1) is 0 Å². The number of nitrogens with two attached hydrogens (primary N) is 1. The molecule has 0 bridgehead atoms. The molecule has 1 unspecified atom stereocenters. The number of carbonyl (C=O) groups excluding carboxylic acids is 1. The van der Waals surface area contributed by atoms with Crippen molar-refractivity contribution in [3.63, 3.8) is 0 Å². The molecule has 116 valence electrons. The van der Waals surface area contributed by atoms with E-state index in [1.165, 1.54) is 5.56 Å². The Morgan fingerprint density at radius 3 is 2.62 bits per heavy atom. The summed E-state index contributed by atoms with van der Waals surface area (Å²) in [7, 11) is 2.02. The van der Waals surface area contributed by atoms with Gasteiger partial charge >= 0.3 is 5.97 Å². The van der Waals surface area contributed by atoms with Gasteiger partial charge in [0.2, 0.25) is 5.91 Å². The monoisotopic (exact) mass is 293 g/mol. The van der Waals surface area contributed by atoms with Crippen molar-refractivity contribution in [2.24, 2.45) is 5.73 Å². The molecule has 6 nitrogen and oxygen atoms in total. The fourth-order valence-corrected chi connectivity index (χ4v) is 1.95. The van der Waals surface area contributed by atoms with Gasteiger partial charge in [-0.05, 0) is 25.6 Å². The van der Waals surface area contributed by atoms with Crippen LogP contribution in [-0.2, 0) is 16.1 Å². The molecule has 21 heavy (non-hydrogen) atoms. The Balaban J connectivity index is 2.16. The lowest BCUT2D eigenvalue weighted by atomic mass is 10.2. The van der Waals surface area contributed by atoms with Crippen LogP contribution >= 0.6 is 0 Å². The number of hydrogen-bond acceptors (Lipinski definition) is 4. The summed E-state index contributed by atoms with van der Waals surface area (Å²) in [6.07, 6.45) is 0.439. The van der Waals surface area contributed by atoms with Gasteiger partial charge in [-0.15, -0.1) is 0 Å². The highest BCUT2D eigenvalue weighted by molar-refractivity contribution is 5.85. The lowest BCUT2D eigenvalue weighted by Gasteiger charge is -2.17. The molecule has 0 aliphatic carbocycles. The molecule has 0 aromatic heterocycles. The highest BCUT2D eigenvalue weighted by Gasteiger charge is 2.16. The molecule has 0 fully saturated rings. The molecule has 0 aliphatic heterocycles. The predicted molar refractivity (Wildman–Crippen MR) is 80.6 cm³/mol. The summed E-state index contributed by atoms with van der Waals surface area (Å²) in [5, 5.41) is 11.2. The number of carbonyl (C=O) groups is 2. The van der Waals surface area contributed by atoms with Gasteiger partial charge in [0.1, 0.15) is 0 Å². The van der Waals surface area contributed by atoms with Crippen LogP contribution in [0.3, 0.4) is 0 Å². The Morgan fingerprint density at radius 2 is 2.00 bits per heavy atom. The number of carboxylic acids is 1. The first kappa shape index (κ1) is 17.1. The standard InChI is InChI=1S/C15H23N3O3/c1-18(11-12-6-3-2-4-7-12)9-5-8-17-15(21)13(16)10-14(19)20/h2-4,6-7,13H,5,8-11,16H2,1H3,(H,17,21)(H,19,20). The Kier molecular flexibility index (Phi) is 7.42. The topological polar surface area (TPSA) is 95.7 Å². The molecule has 1 atom stereocenters. The van der Waals surface area contributed by atoms with Crippen molar-refractivity contribution in [3.05, 3.63) is 35.9 Å². The summed E-state index contributed by atoms with van der Waals surface area (Å²) in [6, 6.07) is 9.16. The number of rotatable bonds is 9. The maximum absolute atomic E-state index is 11.5. The average Bonchev–Trinajstić information content (AvgIpc) is 2.43. The molecule has 0 saturated carbocycles. The molecule has 0 aliphatic rings. The van der Waals surface area contributed by atoms with E-state index in [4.69, 9.17) is 10.8 Å². The first-order valence-electron chi connectivity index (χ1n) is 6.96.